The highest BCUT2D eigenvalue weighted by Gasteiger charge is 2.17. The lowest BCUT2D eigenvalue weighted by Crippen LogP contribution is -2.28. The summed E-state index contributed by atoms with van der Waals surface area (Å²) < 4.78 is 53.6. The average Bonchev–Trinajstić information content (AvgIpc) is 2.28. The predicted molar refractivity (Wildman–Crippen MR) is 61.3 cm³/mol. The van der Waals surface area contributed by atoms with E-state index >= 15 is 0 Å². The minimum absolute atomic E-state index is 0.125. The molecule has 0 atom stereocenters. The molecule has 0 fully saturated rings. The maximum atomic E-state index is 11.7. The van der Waals surface area contributed by atoms with Crippen LogP contribution in [0.25, 0.3) is 0 Å². The van der Waals surface area contributed by atoms with Crippen molar-refractivity contribution in [2.24, 2.45) is 0 Å². The molecule has 5 nitrogen and oxygen atoms in total. The van der Waals surface area contributed by atoms with Crippen LogP contribution in [0.5, 0.6) is 0 Å². The summed E-state index contributed by atoms with van der Waals surface area (Å²) in [5.74, 6) is 0. The fourth-order valence-corrected chi connectivity index (χ4v) is 2.53. The van der Waals surface area contributed by atoms with Crippen LogP contribution in [-0.4, -0.2) is 39.6 Å². The highest BCUT2D eigenvalue weighted by molar-refractivity contribution is 7.89. The Bertz CT molecular complexity index is 484. The van der Waals surface area contributed by atoms with E-state index in [0.717, 1.165) is 0 Å². The van der Waals surface area contributed by atoms with Crippen LogP contribution < -0.4 is 4.72 Å². The van der Waals surface area contributed by atoms with Gasteiger partial charge in [0.15, 0.2) is 0 Å². The number of sulfonamides is 1. The van der Waals surface area contributed by atoms with Crippen LogP contribution in [0.2, 0.25) is 5.15 Å². The van der Waals surface area contributed by atoms with Crippen LogP contribution >= 0.6 is 11.6 Å². The van der Waals surface area contributed by atoms with Gasteiger partial charge in [-0.1, -0.05) is 11.6 Å². The standard InChI is InChI=1S/C9H11ClF2N2O3S/c10-9-7(2-1-3-13-9)18(15,16)14-4-5-17-6-8(11)12/h1-3,8,14H,4-6H2. The van der Waals surface area contributed by atoms with E-state index in [1.54, 1.807) is 0 Å². The normalized spacial score (nSPS) is 12.0. The highest BCUT2D eigenvalue weighted by atomic mass is 35.5. The zero-order valence-electron chi connectivity index (χ0n) is 9.14. The van der Waals surface area contributed by atoms with E-state index in [0.29, 0.717) is 0 Å². The summed E-state index contributed by atoms with van der Waals surface area (Å²) in [6.45, 7) is -1.00. The Morgan fingerprint density at radius 1 is 1.50 bits per heavy atom. The van der Waals surface area contributed by atoms with Gasteiger partial charge in [0.2, 0.25) is 10.0 Å². The first-order valence-corrected chi connectivity index (χ1v) is 6.75. The van der Waals surface area contributed by atoms with Gasteiger partial charge < -0.3 is 4.74 Å². The van der Waals surface area contributed by atoms with E-state index in [-0.39, 0.29) is 23.2 Å². The molecule has 0 spiro atoms. The Morgan fingerprint density at radius 2 is 2.22 bits per heavy atom. The van der Waals surface area contributed by atoms with Crippen molar-refractivity contribution in [1.82, 2.24) is 9.71 Å². The summed E-state index contributed by atoms with van der Waals surface area (Å²) in [6, 6.07) is 2.71. The molecule has 1 N–H and O–H groups in total. The van der Waals surface area contributed by atoms with E-state index < -0.39 is 23.1 Å². The molecular formula is C9H11ClF2N2O3S. The van der Waals surface area contributed by atoms with Crippen molar-refractivity contribution in [2.75, 3.05) is 19.8 Å². The van der Waals surface area contributed by atoms with E-state index in [9.17, 15) is 17.2 Å². The van der Waals surface area contributed by atoms with Gasteiger partial charge in [0.25, 0.3) is 6.43 Å². The van der Waals surface area contributed by atoms with E-state index in [1.807, 2.05) is 0 Å². The SMILES string of the molecule is O=S(=O)(NCCOCC(F)F)c1cccnc1Cl. The van der Waals surface area contributed by atoms with Crippen molar-refractivity contribution in [3.63, 3.8) is 0 Å². The first-order chi connectivity index (χ1) is 8.43. The Balaban J connectivity index is 2.49. The maximum absolute atomic E-state index is 11.7. The molecule has 1 rings (SSSR count). The van der Waals surface area contributed by atoms with Crippen LogP contribution in [-0.2, 0) is 14.8 Å². The summed E-state index contributed by atoms with van der Waals surface area (Å²) in [7, 11) is -3.80. The Morgan fingerprint density at radius 3 is 2.83 bits per heavy atom. The van der Waals surface area contributed by atoms with Crippen LogP contribution in [0.3, 0.4) is 0 Å². The summed E-state index contributed by atoms with van der Waals surface area (Å²) in [4.78, 5) is 3.46. The molecule has 1 aromatic rings. The first-order valence-electron chi connectivity index (χ1n) is 4.89. The van der Waals surface area contributed by atoms with Crippen molar-refractivity contribution in [3.05, 3.63) is 23.5 Å². The van der Waals surface area contributed by atoms with Gasteiger partial charge in [-0.05, 0) is 12.1 Å². The number of hydrogen-bond donors (Lipinski definition) is 1. The van der Waals surface area contributed by atoms with Crippen molar-refractivity contribution in [2.45, 2.75) is 11.3 Å². The first kappa shape index (κ1) is 15.2. The molecule has 0 bridgehead atoms. The lowest BCUT2D eigenvalue weighted by Gasteiger charge is -2.07. The number of halogens is 3. The van der Waals surface area contributed by atoms with Crippen molar-refractivity contribution in [1.29, 1.82) is 0 Å². The van der Waals surface area contributed by atoms with Gasteiger partial charge in [-0.3, -0.25) is 0 Å². The molecule has 0 saturated carbocycles. The number of pyridine rings is 1. The average molecular weight is 301 g/mol. The molecule has 0 aliphatic rings. The molecule has 0 amide bonds. The third-order valence-corrected chi connectivity index (χ3v) is 3.70. The molecule has 0 aromatic carbocycles. The fraction of sp³-hybridized carbons (Fsp3) is 0.444. The Labute approximate surface area is 108 Å². The van der Waals surface area contributed by atoms with Crippen molar-refractivity contribution >= 4 is 21.6 Å². The second-order valence-corrected chi connectivity index (χ2v) is 5.25. The lowest BCUT2D eigenvalue weighted by atomic mass is 10.5. The molecule has 0 aliphatic heterocycles. The molecular weight excluding hydrogens is 290 g/mol. The third-order valence-electron chi connectivity index (χ3n) is 1.80. The summed E-state index contributed by atoms with van der Waals surface area (Å²) in [5, 5.41) is -0.154. The van der Waals surface area contributed by atoms with Gasteiger partial charge in [0.05, 0.1) is 6.61 Å². The Hall–Kier alpha value is -0.830. The molecule has 102 valence electrons. The van der Waals surface area contributed by atoms with Crippen LogP contribution in [0.4, 0.5) is 8.78 Å². The number of rotatable bonds is 7. The van der Waals surface area contributed by atoms with E-state index in [4.69, 9.17) is 11.6 Å². The highest BCUT2D eigenvalue weighted by Crippen LogP contribution is 2.16. The van der Waals surface area contributed by atoms with Gasteiger partial charge in [-0.15, -0.1) is 0 Å². The summed E-state index contributed by atoms with van der Waals surface area (Å²) in [6.07, 6.45) is -1.22. The van der Waals surface area contributed by atoms with Gasteiger partial charge in [0, 0.05) is 12.7 Å². The molecule has 18 heavy (non-hydrogen) atoms. The zero-order chi connectivity index (χ0) is 13.6. The van der Waals surface area contributed by atoms with Gasteiger partial charge in [-0.2, -0.15) is 0 Å². The predicted octanol–water partition coefficient (Wildman–Crippen LogP) is 1.29. The quantitative estimate of drug-likeness (QED) is 0.609. The van der Waals surface area contributed by atoms with Crippen LogP contribution in [0, 0.1) is 0 Å². The number of aromatic nitrogens is 1. The number of nitrogens with zero attached hydrogens (tertiary/aromatic N) is 1. The minimum Gasteiger partial charge on any atom is -0.374 e. The van der Waals surface area contributed by atoms with Gasteiger partial charge in [0.1, 0.15) is 16.7 Å². The van der Waals surface area contributed by atoms with Crippen LogP contribution in [0.15, 0.2) is 23.2 Å². The largest absolute Gasteiger partial charge is 0.374 e. The molecule has 1 heterocycles. The van der Waals surface area contributed by atoms with Crippen molar-refractivity contribution in [3.8, 4) is 0 Å². The molecule has 1 aromatic heterocycles. The van der Waals surface area contributed by atoms with Gasteiger partial charge in [-0.25, -0.2) is 26.9 Å². The maximum Gasteiger partial charge on any atom is 0.261 e. The number of nitrogens with one attached hydrogen (secondary N) is 1. The third kappa shape index (κ3) is 4.81. The number of alkyl halides is 2. The molecule has 0 radical (unpaired) electrons. The van der Waals surface area contributed by atoms with E-state index in [2.05, 4.69) is 14.4 Å². The molecule has 9 heteroatoms. The lowest BCUT2D eigenvalue weighted by molar-refractivity contribution is 0.0199. The number of hydrogen-bond acceptors (Lipinski definition) is 4. The second kappa shape index (κ2) is 6.93. The van der Waals surface area contributed by atoms with Crippen molar-refractivity contribution < 1.29 is 21.9 Å². The van der Waals surface area contributed by atoms with Crippen LogP contribution in [0.1, 0.15) is 0 Å². The fourth-order valence-electron chi connectivity index (χ4n) is 1.07. The van der Waals surface area contributed by atoms with Gasteiger partial charge >= 0.3 is 0 Å². The zero-order valence-corrected chi connectivity index (χ0v) is 10.7. The van der Waals surface area contributed by atoms with E-state index in [1.165, 1.54) is 18.3 Å². The summed E-state index contributed by atoms with van der Waals surface area (Å²) in [5.41, 5.74) is 0. The second-order valence-electron chi connectivity index (χ2n) is 3.16. The minimum atomic E-state index is -3.80. The smallest absolute Gasteiger partial charge is 0.261 e. The molecule has 0 unspecified atom stereocenters. The topological polar surface area (TPSA) is 68.3 Å². The molecule has 0 aliphatic carbocycles. The molecule has 0 saturated heterocycles. The monoisotopic (exact) mass is 300 g/mol. The Kier molecular flexibility index (Phi) is 5.86. The number of ether oxygens (including phenoxy) is 1. The summed E-state index contributed by atoms with van der Waals surface area (Å²) >= 11 is 5.63.